The van der Waals surface area contributed by atoms with Gasteiger partial charge in [-0.2, -0.15) is 0 Å². The summed E-state index contributed by atoms with van der Waals surface area (Å²) in [5, 5.41) is 2.65. The van der Waals surface area contributed by atoms with Crippen molar-refractivity contribution in [2.45, 2.75) is 20.0 Å². The van der Waals surface area contributed by atoms with E-state index < -0.39 is 6.09 Å². The van der Waals surface area contributed by atoms with Crippen molar-refractivity contribution in [3.05, 3.63) is 26.2 Å². The van der Waals surface area contributed by atoms with Gasteiger partial charge in [-0.3, -0.25) is 5.32 Å². The number of hydrogen-bond donors (Lipinski definition) is 1. The maximum absolute atomic E-state index is 11.3. The Morgan fingerprint density at radius 1 is 1.53 bits per heavy atom. The van der Waals surface area contributed by atoms with Crippen molar-refractivity contribution in [3.63, 3.8) is 0 Å². The van der Waals surface area contributed by atoms with E-state index in [1.54, 1.807) is 0 Å². The molecule has 15 heavy (non-hydrogen) atoms. The van der Waals surface area contributed by atoms with Crippen molar-refractivity contribution < 1.29 is 9.53 Å². The second-order valence-electron chi connectivity index (χ2n) is 3.21. The Balaban J connectivity index is 2.65. The van der Waals surface area contributed by atoms with Gasteiger partial charge < -0.3 is 4.74 Å². The van der Waals surface area contributed by atoms with E-state index >= 15 is 0 Å². The van der Waals surface area contributed by atoms with E-state index in [0.29, 0.717) is 5.69 Å². The Hall–Kier alpha value is -0.300. The highest BCUT2D eigenvalue weighted by Gasteiger charge is 2.06. The molecule has 0 aliphatic heterocycles. The fourth-order valence-electron chi connectivity index (χ4n) is 0.935. The Labute approximate surface area is 111 Å². The molecule has 0 saturated heterocycles. The van der Waals surface area contributed by atoms with Gasteiger partial charge in [0.2, 0.25) is 0 Å². The summed E-state index contributed by atoms with van der Waals surface area (Å²) < 4.78 is 7.00. The van der Waals surface area contributed by atoms with Gasteiger partial charge in [-0.1, -0.05) is 0 Å². The number of anilines is 1. The monoisotopic (exact) mass is 383 g/mol. The van der Waals surface area contributed by atoms with Crippen molar-refractivity contribution in [2.24, 2.45) is 0 Å². The van der Waals surface area contributed by atoms with Crippen LogP contribution in [0, 0.1) is 3.57 Å². The van der Waals surface area contributed by atoms with Crippen LogP contribution < -0.4 is 5.32 Å². The highest BCUT2D eigenvalue weighted by molar-refractivity contribution is 14.1. The Morgan fingerprint density at radius 3 is 2.73 bits per heavy atom. The zero-order valence-corrected chi connectivity index (χ0v) is 12.1. The van der Waals surface area contributed by atoms with E-state index in [9.17, 15) is 4.79 Å². The van der Waals surface area contributed by atoms with Crippen LogP contribution in [0.15, 0.2) is 22.7 Å². The third-order valence-electron chi connectivity index (χ3n) is 1.51. The number of amides is 1. The van der Waals surface area contributed by atoms with Gasteiger partial charge in [-0.15, -0.1) is 0 Å². The van der Waals surface area contributed by atoms with Crippen LogP contribution in [0.3, 0.4) is 0 Å². The van der Waals surface area contributed by atoms with Gasteiger partial charge in [0.15, 0.2) is 0 Å². The van der Waals surface area contributed by atoms with E-state index in [2.05, 4.69) is 43.8 Å². The first-order chi connectivity index (χ1) is 6.99. The topological polar surface area (TPSA) is 38.3 Å². The zero-order chi connectivity index (χ0) is 11.4. The van der Waals surface area contributed by atoms with Crippen LogP contribution in [0.4, 0.5) is 10.5 Å². The predicted octanol–water partition coefficient (Wildman–Crippen LogP) is 4.01. The van der Waals surface area contributed by atoms with Crippen LogP contribution in [0.2, 0.25) is 0 Å². The Kier molecular flexibility index (Phi) is 4.85. The summed E-state index contributed by atoms with van der Waals surface area (Å²) in [5.41, 5.74) is 0.716. The van der Waals surface area contributed by atoms with Crippen LogP contribution in [-0.2, 0) is 4.74 Å². The lowest BCUT2D eigenvalue weighted by molar-refractivity contribution is 0.130. The molecule has 1 aromatic carbocycles. The molecule has 0 aromatic heterocycles. The van der Waals surface area contributed by atoms with Crippen molar-refractivity contribution >= 4 is 50.3 Å². The maximum atomic E-state index is 11.3. The Morgan fingerprint density at radius 2 is 2.20 bits per heavy atom. The predicted molar refractivity (Wildman–Crippen MR) is 72.1 cm³/mol. The number of ether oxygens (including phenoxy) is 1. The first-order valence-electron chi connectivity index (χ1n) is 4.41. The van der Waals surface area contributed by atoms with Crippen LogP contribution in [0.25, 0.3) is 0 Å². The molecular weight excluding hydrogens is 373 g/mol. The quantitative estimate of drug-likeness (QED) is 0.783. The number of carbonyl (C=O) groups excluding carboxylic acids is 1. The first-order valence-corrected chi connectivity index (χ1v) is 6.29. The van der Waals surface area contributed by atoms with Gasteiger partial charge in [0.1, 0.15) is 0 Å². The molecule has 0 spiro atoms. The molecule has 1 N–H and O–H groups in total. The summed E-state index contributed by atoms with van der Waals surface area (Å²) in [4.78, 5) is 11.3. The molecule has 0 aliphatic rings. The number of rotatable bonds is 2. The maximum Gasteiger partial charge on any atom is 0.411 e. The summed E-state index contributed by atoms with van der Waals surface area (Å²) in [7, 11) is 0. The lowest BCUT2D eigenvalue weighted by Gasteiger charge is -2.09. The Bertz CT molecular complexity index is 368. The second kappa shape index (κ2) is 5.69. The number of hydrogen-bond acceptors (Lipinski definition) is 2. The molecule has 0 bridgehead atoms. The molecule has 82 valence electrons. The summed E-state index contributed by atoms with van der Waals surface area (Å²) >= 11 is 5.59. The van der Waals surface area contributed by atoms with Gasteiger partial charge in [-0.05, 0) is 70.6 Å². The lowest BCUT2D eigenvalue weighted by atomic mass is 10.3. The van der Waals surface area contributed by atoms with Crippen molar-refractivity contribution in [1.29, 1.82) is 0 Å². The van der Waals surface area contributed by atoms with E-state index in [0.717, 1.165) is 8.04 Å². The molecule has 0 heterocycles. The molecular formula is C10H11BrINO2. The molecule has 1 aromatic rings. The zero-order valence-electron chi connectivity index (χ0n) is 8.38. The largest absolute Gasteiger partial charge is 0.447 e. The fraction of sp³-hybridized carbons (Fsp3) is 0.300. The number of carbonyl (C=O) groups is 1. The van der Waals surface area contributed by atoms with Crippen molar-refractivity contribution in [1.82, 2.24) is 0 Å². The SMILES string of the molecule is CC(C)OC(=O)Nc1ccc(I)c(Br)c1. The summed E-state index contributed by atoms with van der Waals surface area (Å²) in [6.45, 7) is 3.62. The third-order valence-corrected chi connectivity index (χ3v) is 3.85. The molecule has 0 aliphatic carbocycles. The normalized spacial score (nSPS) is 10.2. The second-order valence-corrected chi connectivity index (χ2v) is 5.22. The average molecular weight is 384 g/mol. The number of nitrogens with one attached hydrogen (secondary N) is 1. The molecule has 0 unspecified atom stereocenters. The van der Waals surface area contributed by atoms with E-state index in [1.807, 2.05) is 32.0 Å². The molecule has 0 radical (unpaired) electrons. The molecule has 0 saturated carbocycles. The minimum atomic E-state index is -0.432. The smallest absolute Gasteiger partial charge is 0.411 e. The molecule has 5 heteroatoms. The van der Waals surface area contributed by atoms with Gasteiger partial charge in [0.05, 0.1) is 6.10 Å². The van der Waals surface area contributed by atoms with Gasteiger partial charge in [0, 0.05) is 13.7 Å². The molecule has 1 rings (SSSR count). The van der Waals surface area contributed by atoms with E-state index in [-0.39, 0.29) is 6.10 Å². The van der Waals surface area contributed by atoms with Gasteiger partial charge in [-0.25, -0.2) is 4.79 Å². The number of benzene rings is 1. The minimum absolute atomic E-state index is 0.114. The van der Waals surface area contributed by atoms with Gasteiger partial charge in [0.25, 0.3) is 0 Å². The summed E-state index contributed by atoms with van der Waals surface area (Å²) in [6.07, 6.45) is -0.546. The van der Waals surface area contributed by atoms with Crippen LogP contribution in [0.1, 0.15) is 13.8 Å². The highest BCUT2D eigenvalue weighted by Crippen LogP contribution is 2.22. The average Bonchev–Trinajstić information content (AvgIpc) is 2.10. The molecule has 0 atom stereocenters. The van der Waals surface area contributed by atoms with E-state index in [4.69, 9.17) is 4.74 Å². The first kappa shape index (κ1) is 12.8. The standard InChI is InChI=1S/C10H11BrINO2/c1-6(2)15-10(14)13-7-3-4-9(12)8(11)5-7/h3-6H,1-2H3,(H,13,14). The van der Waals surface area contributed by atoms with Gasteiger partial charge >= 0.3 is 6.09 Å². The van der Waals surface area contributed by atoms with Crippen LogP contribution >= 0.6 is 38.5 Å². The van der Waals surface area contributed by atoms with Crippen molar-refractivity contribution in [2.75, 3.05) is 5.32 Å². The lowest BCUT2D eigenvalue weighted by Crippen LogP contribution is -2.17. The van der Waals surface area contributed by atoms with E-state index in [1.165, 1.54) is 0 Å². The van der Waals surface area contributed by atoms with Crippen LogP contribution in [0.5, 0.6) is 0 Å². The minimum Gasteiger partial charge on any atom is -0.447 e. The molecule has 0 fully saturated rings. The summed E-state index contributed by atoms with van der Waals surface area (Å²) in [5.74, 6) is 0. The third kappa shape index (κ3) is 4.38. The fourth-order valence-corrected chi connectivity index (χ4v) is 1.65. The molecule has 3 nitrogen and oxygen atoms in total. The highest BCUT2D eigenvalue weighted by atomic mass is 127. The van der Waals surface area contributed by atoms with Crippen molar-refractivity contribution in [3.8, 4) is 0 Å². The summed E-state index contributed by atoms with van der Waals surface area (Å²) in [6, 6.07) is 5.58. The van der Waals surface area contributed by atoms with Crippen LogP contribution in [-0.4, -0.2) is 12.2 Å². The number of halogens is 2. The molecule has 1 amide bonds.